The number of nitrogens with one attached hydrogen (secondary N) is 1. The SMILES string of the molecule is CN=C(NCC(c1ccco1)N1CCCC1)N(C)Cc1csc(C)n1. The first kappa shape index (κ1) is 17.9. The number of aliphatic imine (C=N–C) groups is 1. The molecule has 2 aromatic rings. The molecule has 0 saturated carbocycles. The Morgan fingerprint density at radius 2 is 2.28 bits per heavy atom. The van der Waals surface area contributed by atoms with Crippen LogP contribution in [0.4, 0.5) is 0 Å². The molecule has 136 valence electrons. The van der Waals surface area contributed by atoms with E-state index in [0.717, 1.165) is 48.6 Å². The van der Waals surface area contributed by atoms with Crippen LogP contribution < -0.4 is 5.32 Å². The lowest BCUT2D eigenvalue weighted by atomic mass is 10.2. The van der Waals surface area contributed by atoms with Crippen molar-refractivity contribution < 1.29 is 4.42 Å². The van der Waals surface area contributed by atoms with Crippen LogP contribution >= 0.6 is 11.3 Å². The van der Waals surface area contributed by atoms with Crippen molar-refractivity contribution in [1.82, 2.24) is 20.1 Å². The molecule has 0 bridgehead atoms. The molecule has 1 unspecified atom stereocenters. The predicted octanol–water partition coefficient (Wildman–Crippen LogP) is 2.89. The fourth-order valence-electron chi connectivity index (χ4n) is 3.32. The average Bonchev–Trinajstić information content (AvgIpc) is 3.35. The molecule has 1 N–H and O–H groups in total. The molecule has 1 saturated heterocycles. The van der Waals surface area contributed by atoms with Gasteiger partial charge in [-0.3, -0.25) is 9.89 Å². The molecular weight excluding hydrogens is 334 g/mol. The summed E-state index contributed by atoms with van der Waals surface area (Å²) in [5.74, 6) is 1.89. The molecule has 1 atom stereocenters. The Morgan fingerprint density at radius 1 is 1.48 bits per heavy atom. The fraction of sp³-hybridized carbons (Fsp3) is 0.556. The van der Waals surface area contributed by atoms with Gasteiger partial charge < -0.3 is 14.6 Å². The van der Waals surface area contributed by atoms with E-state index in [0.29, 0.717) is 0 Å². The van der Waals surface area contributed by atoms with Crippen LogP contribution in [0.1, 0.15) is 35.3 Å². The number of hydrogen-bond acceptors (Lipinski definition) is 5. The second kappa shape index (κ2) is 8.49. The highest BCUT2D eigenvalue weighted by Crippen LogP contribution is 2.25. The van der Waals surface area contributed by atoms with Crippen molar-refractivity contribution in [3.63, 3.8) is 0 Å². The topological polar surface area (TPSA) is 56.9 Å². The summed E-state index contributed by atoms with van der Waals surface area (Å²) in [4.78, 5) is 13.6. The highest BCUT2D eigenvalue weighted by Gasteiger charge is 2.26. The average molecular weight is 362 g/mol. The van der Waals surface area contributed by atoms with E-state index in [9.17, 15) is 0 Å². The number of hydrogen-bond donors (Lipinski definition) is 1. The highest BCUT2D eigenvalue weighted by atomic mass is 32.1. The Hall–Kier alpha value is -1.86. The number of thiazole rings is 1. The molecule has 0 amide bonds. The Labute approximate surface area is 153 Å². The molecule has 1 fully saturated rings. The molecule has 6 nitrogen and oxygen atoms in total. The van der Waals surface area contributed by atoms with Gasteiger partial charge >= 0.3 is 0 Å². The predicted molar refractivity (Wildman–Crippen MR) is 102 cm³/mol. The maximum atomic E-state index is 5.69. The summed E-state index contributed by atoms with van der Waals surface area (Å²) in [5, 5.41) is 6.71. The van der Waals surface area contributed by atoms with E-state index in [1.54, 1.807) is 17.6 Å². The van der Waals surface area contributed by atoms with Crippen LogP contribution in [0.2, 0.25) is 0 Å². The van der Waals surface area contributed by atoms with E-state index < -0.39 is 0 Å². The minimum atomic E-state index is 0.240. The summed E-state index contributed by atoms with van der Waals surface area (Å²) in [5.41, 5.74) is 1.08. The van der Waals surface area contributed by atoms with Gasteiger partial charge in [0.05, 0.1) is 29.6 Å². The Kier molecular flexibility index (Phi) is 6.09. The van der Waals surface area contributed by atoms with E-state index in [1.165, 1.54) is 12.8 Å². The van der Waals surface area contributed by atoms with Crippen molar-refractivity contribution >= 4 is 17.3 Å². The molecule has 2 aromatic heterocycles. The third-order valence-corrected chi connectivity index (χ3v) is 5.37. The number of rotatable bonds is 6. The fourth-order valence-corrected chi connectivity index (χ4v) is 3.92. The molecule has 1 aliphatic rings. The summed E-state index contributed by atoms with van der Waals surface area (Å²) < 4.78 is 5.69. The number of furan rings is 1. The zero-order valence-electron chi connectivity index (χ0n) is 15.2. The molecule has 0 radical (unpaired) electrons. The lowest BCUT2D eigenvalue weighted by Gasteiger charge is -2.28. The summed E-state index contributed by atoms with van der Waals surface area (Å²) >= 11 is 1.68. The number of aryl methyl sites for hydroxylation is 1. The Balaban J connectivity index is 1.61. The lowest BCUT2D eigenvalue weighted by molar-refractivity contribution is 0.214. The van der Waals surface area contributed by atoms with Crippen LogP contribution in [0.15, 0.2) is 33.2 Å². The molecule has 0 aromatic carbocycles. The zero-order valence-corrected chi connectivity index (χ0v) is 16.1. The molecule has 0 spiro atoms. The first-order valence-corrected chi connectivity index (χ1v) is 9.65. The van der Waals surface area contributed by atoms with Gasteiger partial charge in [0.1, 0.15) is 5.76 Å². The summed E-state index contributed by atoms with van der Waals surface area (Å²) in [6.07, 6.45) is 4.27. The maximum absolute atomic E-state index is 5.69. The third kappa shape index (κ3) is 4.61. The van der Waals surface area contributed by atoms with Gasteiger partial charge in [-0.2, -0.15) is 0 Å². The Morgan fingerprint density at radius 3 is 2.88 bits per heavy atom. The Bertz CT molecular complexity index is 675. The maximum Gasteiger partial charge on any atom is 0.193 e. The van der Waals surface area contributed by atoms with Gasteiger partial charge in [-0.05, 0) is 45.0 Å². The summed E-state index contributed by atoms with van der Waals surface area (Å²) in [6.45, 7) is 5.81. The van der Waals surface area contributed by atoms with Crippen LogP contribution in [0.3, 0.4) is 0 Å². The van der Waals surface area contributed by atoms with Gasteiger partial charge in [-0.15, -0.1) is 11.3 Å². The van der Waals surface area contributed by atoms with Crippen LogP contribution in [-0.2, 0) is 6.54 Å². The van der Waals surface area contributed by atoms with Crippen LogP contribution in [0, 0.1) is 6.92 Å². The summed E-state index contributed by atoms with van der Waals surface area (Å²) in [7, 11) is 3.87. The first-order chi connectivity index (χ1) is 12.2. The standard InChI is InChI=1S/C18H27N5OS/c1-14-21-15(13-25-14)12-22(3)18(19-2)20-11-16(17-7-6-10-24-17)23-8-4-5-9-23/h6-7,10,13,16H,4-5,8-9,11-12H2,1-3H3,(H,19,20). The minimum Gasteiger partial charge on any atom is -0.468 e. The van der Waals surface area contributed by atoms with Crippen LogP contribution in [0.25, 0.3) is 0 Å². The first-order valence-electron chi connectivity index (χ1n) is 8.77. The third-order valence-electron chi connectivity index (χ3n) is 4.55. The highest BCUT2D eigenvalue weighted by molar-refractivity contribution is 7.09. The van der Waals surface area contributed by atoms with E-state index in [2.05, 4.69) is 36.5 Å². The van der Waals surface area contributed by atoms with Crippen molar-refractivity contribution in [2.24, 2.45) is 4.99 Å². The van der Waals surface area contributed by atoms with Crippen molar-refractivity contribution in [3.05, 3.63) is 40.2 Å². The van der Waals surface area contributed by atoms with Crippen molar-refractivity contribution in [2.45, 2.75) is 32.4 Å². The largest absolute Gasteiger partial charge is 0.468 e. The van der Waals surface area contributed by atoms with Gasteiger partial charge in [0.2, 0.25) is 0 Å². The smallest absolute Gasteiger partial charge is 0.193 e. The van der Waals surface area contributed by atoms with E-state index in [-0.39, 0.29) is 6.04 Å². The molecule has 0 aliphatic carbocycles. The van der Waals surface area contributed by atoms with Gasteiger partial charge in [-0.25, -0.2) is 4.98 Å². The summed E-state index contributed by atoms with van der Waals surface area (Å²) in [6, 6.07) is 4.27. The van der Waals surface area contributed by atoms with Crippen molar-refractivity contribution in [1.29, 1.82) is 0 Å². The molecule has 1 aliphatic heterocycles. The van der Waals surface area contributed by atoms with Gasteiger partial charge in [0.25, 0.3) is 0 Å². The number of guanidine groups is 1. The van der Waals surface area contributed by atoms with Gasteiger partial charge in [-0.1, -0.05) is 0 Å². The molecular formula is C18H27N5OS. The molecule has 7 heteroatoms. The lowest BCUT2D eigenvalue weighted by Crippen LogP contribution is -2.43. The van der Waals surface area contributed by atoms with E-state index in [4.69, 9.17) is 4.42 Å². The quantitative estimate of drug-likeness (QED) is 0.633. The number of likely N-dealkylation sites (tertiary alicyclic amines) is 1. The molecule has 25 heavy (non-hydrogen) atoms. The normalized spacial score (nSPS) is 17.0. The van der Waals surface area contributed by atoms with E-state index in [1.807, 2.05) is 27.1 Å². The van der Waals surface area contributed by atoms with Crippen molar-refractivity contribution in [2.75, 3.05) is 33.7 Å². The molecule has 3 heterocycles. The van der Waals surface area contributed by atoms with Crippen molar-refractivity contribution in [3.8, 4) is 0 Å². The minimum absolute atomic E-state index is 0.240. The number of nitrogens with zero attached hydrogens (tertiary/aromatic N) is 4. The second-order valence-corrected chi connectivity index (χ2v) is 7.48. The van der Waals surface area contributed by atoms with Crippen LogP contribution in [0.5, 0.6) is 0 Å². The number of aromatic nitrogens is 1. The monoisotopic (exact) mass is 361 g/mol. The van der Waals surface area contributed by atoms with Gasteiger partial charge in [0, 0.05) is 26.0 Å². The van der Waals surface area contributed by atoms with E-state index >= 15 is 0 Å². The van der Waals surface area contributed by atoms with Crippen LogP contribution in [-0.4, -0.2) is 54.5 Å². The zero-order chi connectivity index (χ0) is 17.6. The van der Waals surface area contributed by atoms with Gasteiger partial charge in [0.15, 0.2) is 5.96 Å². The second-order valence-electron chi connectivity index (χ2n) is 6.42. The molecule has 3 rings (SSSR count).